The monoisotopic (exact) mass is 764 g/mol. The number of ether oxygens (including phenoxy) is 2. The maximum Gasteiger partial charge on any atom is 0.407 e. The summed E-state index contributed by atoms with van der Waals surface area (Å²) in [5.41, 5.74) is -0.858. The Labute approximate surface area is 314 Å². The van der Waals surface area contributed by atoms with Crippen LogP contribution in [0.15, 0.2) is 42.5 Å². The predicted octanol–water partition coefficient (Wildman–Crippen LogP) is 2.99. The third kappa shape index (κ3) is 8.48. The van der Waals surface area contributed by atoms with Crippen LogP contribution in [0.1, 0.15) is 94.0 Å². The highest BCUT2D eigenvalue weighted by molar-refractivity contribution is 7.91. The first-order valence-corrected chi connectivity index (χ1v) is 20.7. The van der Waals surface area contributed by atoms with Gasteiger partial charge in [-0.05, 0) is 82.8 Å². The van der Waals surface area contributed by atoms with Crippen molar-refractivity contribution in [3.63, 3.8) is 0 Å². The second-order valence-corrected chi connectivity index (χ2v) is 17.0. The standard InChI is InChI=1S/C38H48N6O9S/c45-33-28-18-15-24-11-10-14-31(32(24)40-28)52-19-8-4-5-9-20-53-37(49)41-29-13-7-3-1-2-6-12-25-22-38(25,36(48)43-54(50,51)27-16-17-27)42-34(46)30-21-26(39-33)23-44(30)35(29)47/h6,10-12,14-15,18,25-27,29-30H,1-5,7-9,13,16-17,19-23H2,(H,39,45)(H,41,49)(H,42,46)(H,43,48)/b12-6-/t25-,26-,29+,30+,38-/m1/s1. The molecule has 2 saturated carbocycles. The summed E-state index contributed by atoms with van der Waals surface area (Å²) in [4.78, 5) is 75.0. The minimum atomic E-state index is -3.90. The molecule has 4 N–H and O–H groups in total. The zero-order valence-electron chi connectivity index (χ0n) is 30.2. The first-order chi connectivity index (χ1) is 26.0. The Bertz CT molecular complexity index is 1930. The molecule has 0 spiro atoms. The molecule has 5 amide bonds. The second kappa shape index (κ2) is 15.9. The van der Waals surface area contributed by atoms with Crippen molar-refractivity contribution in [2.45, 2.75) is 112 Å². The lowest BCUT2D eigenvalue weighted by Gasteiger charge is -2.30. The number of alkyl carbamates (subject to hydrolysis) is 1. The van der Waals surface area contributed by atoms with E-state index in [0.717, 1.165) is 37.5 Å². The SMILES string of the molecule is O=C1N[C@H]2CCCCC/C=C\[C@@H]3C[C@@]3(C(=O)NS(=O)(=O)C3CC3)NC(=O)[C@@H]3C[C@H](CN3C2=O)NC(=O)c2ccc3cccc(c3n2)OCCCCCCO1. The molecule has 15 nitrogen and oxygen atoms in total. The fraction of sp³-hybridized carbons (Fsp3) is 0.579. The summed E-state index contributed by atoms with van der Waals surface area (Å²) in [7, 11) is -3.90. The lowest BCUT2D eigenvalue weighted by molar-refractivity contribution is -0.141. The molecular weight excluding hydrogens is 717 g/mol. The van der Waals surface area contributed by atoms with E-state index in [1.165, 1.54) is 4.90 Å². The van der Waals surface area contributed by atoms with Gasteiger partial charge in [-0.2, -0.15) is 0 Å². The number of pyridine rings is 1. The molecular formula is C38H48N6O9S. The number of sulfonamides is 1. The number of benzene rings is 1. The molecule has 290 valence electrons. The Kier molecular flexibility index (Phi) is 11.1. The van der Waals surface area contributed by atoms with Gasteiger partial charge in [0.1, 0.15) is 34.6 Å². The second-order valence-electron chi connectivity index (χ2n) is 15.0. The molecule has 7 rings (SSSR count). The molecule has 4 heterocycles. The molecule has 16 heteroatoms. The minimum absolute atomic E-state index is 0.000992. The normalized spacial score (nSPS) is 29.5. The maximum absolute atomic E-state index is 14.4. The molecule has 0 radical (unpaired) electrons. The summed E-state index contributed by atoms with van der Waals surface area (Å²) in [5.74, 6) is -2.40. The number of cyclic esters (lactones) is 1. The van der Waals surface area contributed by atoms with Gasteiger partial charge in [0.2, 0.25) is 21.8 Å². The molecule has 0 unspecified atom stereocenters. The van der Waals surface area contributed by atoms with Gasteiger partial charge in [0.25, 0.3) is 11.8 Å². The average Bonchev–Trinajstić information content (AvgIpc) is 4.07. The first kappa shape index (κ1) is 37.6. The summed E-state index contributed by atoms with van der Waals surface area (Å²) in [5, 5.41) is 8.68. The number of allylic oxidation sites excluding steroid dienone is 1. The van der Waals surface area contributed by atoms with E-state index in [4.69, 9.17) is 9.47 Å². The number of nitrogens with zero attached hydrogens (tertiary/aromatic N) is 2. The van der Waals surface area contributed by atoms with Gasteiger partial charge in [-0.1, -0.05) is 43.2 Å². The van der Waals surface area contributed by atoms with E-state index in [9.17, 15) is 32.4 Å². The van der Waals surface area contributed by atoms with Crippen molar-refractivity contribution in [1.29, 1.82) is 0 Å². The largest absolute Gasteiger partial charge is 0.491 e. The lowest BCUT2D eigenvalue weighted by Crippen LogP contribution is -2.58. The van der Waals surface area contributed by atoms with Gasteiger partial charge in [0.15, 0.2) is 0 Å². The average molecular weight is 765 g/mol. The highest BCUT2D eigenvalue weighted by Gasteiger charge is 2.62. The highest BCUT2D eigenvalue weighted by Crippen LogP contribution is 2.46. The molecule has 3 aliphatic heterocycles. The number of carbonyl (C=O) groups is 5. The van der Waals surface area contributed by atoms with Crippen molar-refractivity contribution < 1.29 is 41.9 Å². The zero-order valence-corrected chi connectivity index (χ0v) is 31.0. The molecule has 5 atom stereocenters. The minimum Gasteiger partial charge on any atom is -0.491 e. The summed E-state index contributed by atoms with van der Waals surface area (Å²) < 4.78 is 39.3. The van der Waals surface area contributed by atoms with Gasteiger partial charge >= 0.3 is 6.09 Å². The molecule has 1 aromatic carbocycles. The third-order valence-corrected chi connectivity index (χ3v) is 12.8. The van der Waals surface area contributed by atoms with Crippen LogP contribution in [-0.2, 0) is 29.1 Å². The quantitative estimate of drug-likeness (QED) is 0.337. The van der Waals surface area contributed by atoms with E-state index in [1.54, 1.807) is 18.2 Å². The fourth-order valence-electron chi connectivity index (χ4n) is 7.62. The van der Waals surface area contributed by atoms with E-state index in [2.05, 4.69) is 25.7 Å². The number of amides is 5. The number of fused-ring (bicyclic) bond motifs is 4. The molecule has 5 aliphatic rings. The van der Waals surface area contributed by atoms with Crippen LogP contribution in [0.2, 0.25) is 0 Å². The molecule has 1 aromatic heterocycles. The molecule has 1 saturated heterocycles. The molecule has 54 heavy (non-hydrogen) atoms. The van der Waals surface area contributed by atoms with Crippen LogP contribution in [0.5, 0.6) is 5.75 Å². The van der Waals surface area contributed by atoms with Crippen molar-refractivity contribution >= 4 is 50.6 Å². The topological polar surface area (TPSA) is 202 Å². The van der Waals surface area contributed by atoms with E-state index in [1.807, 2.05) is 24.3 Å². The van der Waals surface area contributed by atoms with Crippen LogP contribution in [0.25, 0.3) is 10.9 Å². The van der Waals surface area contributed by atoms with Gasteiger partial charge in [-0.25, -0.2) is 18.2 Å². The smallest absolute Gasteiger partial charge is 0.407 e. The van der Waals surface area contributed by atoms with Crippen LogP contribution in [0.3, 0.4) is 0 Å². The van der Waals surface area contributed by atoms with Gasteiger partial charge in [0, 0.05) is 23.9 Å². The Morgan fingerprint density at radius 1 is 0.907 bits per heavy atom. The number of aromatic nitrogens is 1. The fourth-order valence-corrected chi connectivity index (χ4v) is 8.98. The Hall–Kier alpha value is -4.73. The van der Waals surface area contributed by atoms with Gasteiger partial charge < -0.3 is 30.3 Å². The maximum atomic E-state index is 14.4. The van der Waals surface area contributed by atoms with Crippen molar-refractivity contribution in [2.24, 2.45) is 5.92 Å². The lowest BCUT2D eigenvalue weighted by atomic mass is 10.0. The summed E-state index contributed by atoms with van der Waals surface area (Å²) in [6.45, 7) is 0.552. The van der Waals surface area contributed by atoms with E-state index < -0.39 is 74.6 Å². The third-order valence-electron chi connectivity index (χ3n) is 11.0. The summed E-state index contributed by atoms with van der Waals surface area (Å²) in [6, 6.07) is 6.08. The number of para-hydroxylation sites is 1. The number of hydrogen-bond acceptors (Lipinski definition) is 10. The summed E-state index contributed by atoms with van der Waals surface area (Å²) >= 11 is 0. The Balaban J connectivity index is 1.19. The molecule has 3 fully saturated rings. The zero-order chi connectivity index (χ0) is 37.9. The van der Waals surface area contributed by atoms with Crippen molar-refractivity contribution in [2.75, 3.05) is 19.8 Å². The van der Waals surface area contributed by atoms with Crippen molar-refractivity contribution in [3.05, 3.63) is 48.2 Å². The molecule has 2 aliphatic carbocycles. The first-order valence-electron chi connectivity index (χ1n) is 19.2. The highest BCUT2D eigenvalue weighted by atomic mass is 32.2. The van der Waals surface area contributed by atoms with Gasteiger partial charge in [-0.15, -0.1) is 0 Å². The van der Waals surface area contributed by atoms with E-state index in [0.29, 0.717) is 56.4 Å². The van der Waals surface area contributed by atoms with E-state index >= 15 is 0 Å². The number of rotatable bonds is 3. The number of hydrogen-bond donors (Lipinski definition) is 4. The number of nitrogens with one attached hydrogen (secondary N) is 4. The van der Waals surface area contributed by atoms with Crippen molar-refractivity contribution in [3.8, 4) is 5.75 Å². The van der Waals surface area contributed by atoms with Gasteiger partial charge in [-0.3, -0.25) is 23.9 Å². The summed E-state index contributed by atoms with van der Waals surface area (Å²) in [6.07, 6.45) is 10.3. The number of carbonyl (C=O) groups excluding carboxylic acids is 5. The molecule has 2 aromatic rings. The molecule has 5 bridgehead atoms. The van der Waals surface area contributed by atoms with Crippen LogP contribution < -0.4 is 25.4 Å². The van der Waals surface area contributed by atoms with Crippen LogP contribution in [-0.4, -0.2) is 96.7 Å². The predicted molar refractivity (Wildman–Crippen MR) is 197 cm³/mol. The van der Waals surface area contributed by atoms with Gasteiger partial charge in [0.05, 0.1) is 18.5 Å². The van der Waals surface area contributed by atoms with E-state index in [-0.39, 0.29) is 31.7 Å². The van der Waals surface area contributed by atoms with Crippen LogP contribution >= 0.6 is 0 Å². The Morgan fingerprint density at radius 2 is 1.69 bits per heavy atom. The van der Waals surface area contributed by atoms with Crippen LogP contribution in [0.4, 0.5) is 4.79 Å². The Morgan fingerprint density at radius 3 is 2.48 bits per heavy atom. The van der Waals surface area contributed by atoms with Crippen LogP contribution in [0, 0.1) is 5.92 Å². The van der Waals surface area contributed by atoms with Crippen molar-refractivity contribution in [1.82, 2.24) is 30.6 Å².